The van der Waals surface area contributed by atoms with Crippen LogP contribution in [0.1, 0.15) is 16.1 Å². The summed E-state index contributed by atoms with van der Waals surface area (Å²) in [4.78, 5) is 44.9. The van der Waals surface area contributed by atoms with Gasteiger partial charge in [-0.05, 0) is 23.8 Å². The number of thiazole rings is 1. The molecule has 0 saturated carbocycles. The minimum atomic E-state index is -0.327. The molecule has 2 amide bonds. The summed E-state index contributed by atoms with van der Waals surface area (Å²) in [7, 11) is 1.56. The molecule has 0 aliphatic rings. The number of benzene rings is 2. The van der Waals surface area contributed by atoms with Gasteiger partial charge in [0.05, 0.1) is 17.2 Å². The third kappa shape index (κ3) is 4.51. The average molecular weight is 433 g/mol. The van der Waals surface area contributed by atoms with Gasteiger partial charge in [0.2, 0.25) is 5.91 Å². The second-order valence-electron chi connectivity index (χ2n) is 6.77. The monoisotopic (exact) mass is 433 g/mol. The van der Waals surface area contributed by atoms with Crippen molar-refractivity contribution in [2.24, 2.45) is 0 Å². The zero-order valence-electron chi connectivity index (χ0n) is 16.7. The molecule has 31 heavy (non-hydrogen) atoms. The smallest absolute Gasteiger partial charge is 0.270 e. The van der Waals surface area contributed by atoms with Gasteiger partial charge < -0.3 is 10.6 Å². The molecule has 0 aliphatic carbocycles. The second-order valence-corrected chi connectivity index (χ2v) is 7.62. The molecule has 0 radical (unpaired) electrons. The highest BCUT2D eigenvalue weighted by Gasteiger charge is 2.12. The maximum absolute atomic E-state index is 12.5. The Bertz CT molecular complexity index is 1330. The van der Waals surface area contributed by atoms with E-state index in [1.165, 1.54) is 22.1 Å². The minimum absolute atomic E-state index is 0.0937. The highest BCUT2D eigenvalue weighted by atomic mass is 32.1. The molecule has 0 bridgehead atoms. The molecule has 2 aromatic carbocycles. The van der Waals surface area contributed by atoms with Gasteiger partial charge in [-0.15, -0.1) is 11.3 Å². The summed E-state index contributed by atoms with van der Waals surface area (Å²) in [6, 6.07) is 14.8. The number of hydrogen-bond donors (Lipinski definition) is 2. The van der Waals surface area contributed by atoms with Gasteiger partial charge in [-0.2, -0.15) is 0 Å². The van der Waals surface area contributed by atoms with Crippen molar-refractivity contribution in [3.63, 3.8) is 0 Å². The van der Waals surface area contributed by atoms with Crippen LogP contribution in [0.3, 0.4) is 0 Å². The first-order valence-electron chi connectivity index (χ1n) is 9.53. The second kappa shape index (κ2) is 8.88. The summed E-state index contributed by atoms with van der Waals surface area (Å²) in [6.07, 6.45) is 1.22. The number of carbonyl (C=O) groups is 2. The van der Waals surface area contributed by atoms with Gasteiger partial charge in [0.15, 0.2) is 0 Å². The van der Waals surface area contributed by atoms with Gasteiger partial charge in [0.25, 0.3) is 11.5 Å². The molecule has 2 N–H and O–H groups in total. The van der Waals surface area contributed by atoms with Crippen molar-refractivity contribution in [1.29, 1.82) is 0 Å². The SMILES string of the molecule is CNC(=O)c1csc(-c2cccc(CNC(=O)Cn3c(=O)cnc4ccccc43)c2)n1. The first kappa shape index (κ1) is 20.4. The van der Waals surface area contributed by atoms with Crippen LogP contribution in [0.15, 0.2) is 64.9 Å². The molecule has 0 fully saturated rings. The van der Waals surface area contributed by atoms with E-state index in [9.17, 15) is 14.4 Å². The molecule has 0 atom stereocenters. The van der Waals surface area contributed by atoms with Gasteiger partial charge in [-0.25, -0.2) is 9.97 Å². The quantitative estimate of drug-likeness (QED) is 0.485. The molecule has 8 nitrogen and oxygen atoms in total. The third-order valence-electron chi connectivity index (χ3n) is 4.68. The Labute approximate surface area is 181 Å². The first-order chi connectivity index (χ1) is 15.0. The van der Waals surface area contributed by atoms with E-state index in [2.05, 4.69) is 20.6 Å². The fourth-order valence-corrected chi connectivity index (χ4v) is 3.93. The number of nitrogens with zero attached hydrogens (tertiary/aromatic N) is 3. The molecule has 2 aromatic heterocycles. The molecular formula is C22H19N5O3S. The number of aromatic nitrogens is 3. The first-order valence-corrected chi connectivity index (χ1v) is 10.4. The van der Waals surface area contributed by atoms with Crippen LogP contribution < -0.4 is 16.2 Å². The highest BCUT2D eigenvalue weighted by Crippen LogP contribution is 2.24. The van der Waals surface area contributed by atoms with Crippen LogP contribution >= 0.6 is 11.3 Å². The van der Waals surface area contributed by atoms with E-state index in [0.717, 1.165) is 16.1 Å². The van der Waals surface area contributed by atoms with Crippen molar-refractivity contribution in [3.05, 3.63) is 81.7 Å². The van der Waals surface area contributed by atoms with Gasteiger partial charge >= 0.3 is 0 Å². The lowest BCUT2D eigenvalue weighted by atomic mass is 10.1. The highest BCUT2D eigenvalue weighted by molar-refractivity contribution is 7.13. The summed E-state index contributed by atoms with van der Waals surface area (Å²) in [5.74, 6) is -0.509. The van der Waals surface area contributed by atoms with Crippen molar-refractivity contribution < 1.29 is 9.59 Å². The van der Waals surface area contributed by atoms with E-state index in [4.69, 9.17) is 0 Å². The summed E-state index contributed by atoms with van der Waals surface area (Å²) >= 11 is 1.38. The average Bonchev–Trinajstić information content (AvgIpc) is 3.30. The Morgan fingerprint density at radius 3 is 2.81 bits per heavy atom. The van der Waals surface area contributed by atoms with E-state index in [1.54, 1.807) is 30.6 Å². The van der Waals surface area contributed by atoms with E-state index in [0.29, 0.717) is 23.3 Å². The molecule has 9 heteroatoms. The van der Waals surface area contributed by atoms with Crippen LogP contribution in [-0.2, 0) is 17.9 Å². The maximum atomic E-state index is 12.5. The Morgan fingerprint density at radius 1 is 1.13 bits per heavy atom. The zero-order valence-corrected chi connectivity index (χ0v) is 17.5. The van der Waals surface area contributed by atoms with Crippen molar-refractivity contribution in [3.8, 4) is 10.6 Å². The predicted molar refractivity (Wildman–Crippen MR) is 119 cm³/mol. The molecule has 4 rings (SSSR count). The molecule has 2 heterocycles. The van der Waals surface area contributed by atoms with Crippen LogP contribution in [0.2, 0.25) is 0 Å². The number of para-hydroxylation sites is 2. The van der Waals surface area contributed by atoms with E-state index >= 15 is 0 Å². The topological polar surface area (TPSA) is 106 Å². The molecule has 0 unspecified atom stereocenters. The van der Waals surface area contributed by atoms with Gasteiger partial charge in [-0.1, -0.05) is 30.3 Å². The molecular weight excluding hydrogens is 414 g/mol. The largest absolute Gasteiger partial charge is 0.354 e. The van der Waals surface area contributed by atoms with E-state index in [1.807, 2.05) is 30.3 Å². The molecule has 156 valence electrons. The third-order valence-corrected chi connectivity index (χ3v) is 5.57. The molecule has 0 spiro atoms. The van der Waals surface area contributed by atoms with E-state index < -0.39 is 0 Å². The van der Waals surface area contributed by atoms with E-state index in [-0.39, 0.29) is 23.9 Å². The number of rotatable bonds is 6. The Hall–Kier alpha value is -3.85. The fourth-order valence-electron chi connectivity index (χ4n) is 3.13. The fraction of sp³-hybridized carbons (Fsp3) is 0.136. The lowest BCUT2D eigenvalue weighted by Crippen LogP contribution is -2.32. The summed E-state index contributed by atoms with van der Waals surface area (Å²) in [5, 5.41) is 7.84. The number of nitrogens with one attached hydrogen (secondary N) is 2. The van der Waals surface area contributed by atoms with Crippen LogP contribution in [-0.4, -0.2) is 33.4 Å². The Kier molecular flexibility index (Phi) is 5.85. The lowest BCUT2D eigenvalue weighted by molar-refractivity contribution is -0.121. The maximum Gasteiger partial charge on any atom is 0.270 e. The molecule has 4 aromatic rings. The van der Waals surface area contributed by atoms with Gasteiger partial charge in [0, 0.05) is 24.5 Å². The van der Waals surface area contributed by atoms with Crippen molar-refractivity contribution in [2.45, 2.75) is 13.1 Å². The van der Waals surface area contributed by atoms with Gasteiger partial charge in [0.1, 0.15) is 17.2 Å². The number of carbonyl (C=O) groups excluding carboxylic acids is 2. The summed E-state index contributed by atoms with van der Waals surface area (Å²) in [6.45, 7) is 0.210. The normalized spacial score (nSPS) is 10.7. The van der Waals surface area contributed by atoms with Crippen LogP contribution in [0.4, 0.5) is 0 Å². The number of hydrogen-bond acceptors (Lipinski definition) is 6. The molecule has 0 saturated heterocycles. The van der Waals surface area contributed by atoms with Crippen LogP contribution in [0.5, 0.6) is 0 Å². The van der Waals surface area contributed by atoms with Crippen LogP contribution in [0.25, 0.3) is 21.6 Å². The predicted octanol–water partition coefficient (Wildman–Crippen LogP) is 2.20. The Balaban J connectivity index is 1.46. The lowest BCUT2D eigenvalue weighted by Gasteiger charge is -2.10. The molecule has 0 aliphatic heterocycles. The standard InChI is InChI=1S/C22H19N5O3S/c1-23-21(30)17-13-31-22(26-17)15-6-4-5-14(9-15)10-25-19(28)12-27-18-8-3-2-7-16(18)24-11-20(27)29/h2-9,11,13H,10,12H2,1H3,(H,23,30)(H,25,28). The van der Waals surface area contributed by atoms with Crippen molar-refractivity contribution in [2.75, 3.05) is 7.05 Å². The number of amides is 2. The van der Waals surface area contributed by atoms with Crippen LogP contribution in [0, 0.1) is 0 Å². The zero-order chi connectivity index (χ0) is 21.8. The van der Waals surface area contributed by atoms with Gasteiger partial charge in [-0.3, -0.25) is 19.0 Å². The Morgan fingerprint density at radius 2 is 1.97 bits per heavy atom. The minimum Gasteiger partial charge on any atom is -0.354 e. The number of fused-ring (bicyclic) bond motifs is 1. The van der Waals surface area contributed by atoms with Crippen molar-refractivity contribution in [1.82, 2.24) is 25.2 Å². The van der Waals surface area contributed by atoms with Crippen molar-refractivity contribution >= 4 is 34.2 Å². The summed E-state index contributed by atoms with van der Waals surface area (Å²) < 4.78 is 1.41. The summed E-state index contributed by atoms with van der Waals surface area (Å²) in [5.41, 5.74) is 3.06.